The lowest BCUT2D eigenvalue weighted by atomic mass is 10.0. The first-order valence-electron chi connectivity index (χ1n) is 12.1. The van der Waals surface area contributed by atoms with Crippen LogP contribution in [0.1, 0.15) is 52.0 Å². The van der Waals surface area contributed by atoms with E-state index < -0.39 is 28.9 Å². The number of aryl methyl sites for hydroxylation is 1. The van der Waals surface area contributed by atoms with Crippen LogP contribution >= 0.6 is 0 Å². The molecule has 1 aromatic heterocycles. The smallest absolute Gasteiger partial charge is 0.330 e. The van der Waals surface area contributed by atoms with Crippen molar-refractivity contribution in [3.63, 3.8) is 0 Å². The van der Waals surface area contributed by atoms with E-state index in [-0.39, 0.29) is 42.8 Å². The Hall–Kier alpha value is -3.43. The fourth-order valence-corrected chi connectivity index (χ4v) is 4.19. The van der Waals surface area contributed by atoms with Crippen molar-refractivity contribution in [3.8, 4) is 0 Å². The van der Waals surface area contributed by atoms with E-state index in [2.05, 4.69) is 4.98 Å². The molecule has 2 amide bonds. The molecule has 190 valence electrons. The molecule has 0 radical (unpaired) electrons. The number of benzene rings is 1. The molecule has 1 aliphatic heterocycles. The van der Waals surface area contributed by atoms with Gasteiger partial charge in [-0.1, -0.05) is 33.3 Å². The Labute approximate surface area is 203 Å². The van der Waals surface area contributed by atoms with Crippen LogP contribution in [0.25, 0.3) is 0 Å². The van der Waals surface area contributed by atoms with Crippen LogP contribution in [0.5, 0.6) is 0 Å². The number of nitrogens with zero attached hydrogens (tertiary/aromatic N) is 3. The summed E-state index contributed by atoms with van der Waals surface area (Å²) in [5.41, 5.74) is 5.69. The van der Waals surface area contributed by atoms with Crippen molar-refractivity contribution >= 4 is 29.0 Å². The molecule has 3 N–H and O–H groups in total. The van der Waals surface area contributed by atoms with E-state index in [1.807, 2.05) is 20.8 Å². The molecule has 3 rings (SSSR count). The average Bonchev–Trinajstić information content (AvgIpc) is 3.18. The van der Waals surface area contributed by atoms with E-state index in [0.717, 1.165) is 6.42 Å². The second kappa shape index (κ2) is 10.9. The Morgan fingerprint density at radius 3 is 2.63 bits per heavy atom. The predicted octanol–water partition coefficient (Wildman–Crippen LogP) is 2.80. The maximum atomic E-state index is 14.1. The number of amides is 2. The lowest BCUT2D eigenvalue weighted by Crippen LogP contribution is -2.44. The number of halogens is 1. The number of rotatable bonds is 9. The summed E-state index contributed by atoms with van der Waals surface area (Å²) in [6, 6.07) is 4.51. The molecule has 1 atom stereocenters. The molecule has 0 unspecified atom stereocenters. The number of anilines is 3. The molecule has 0 saturated carbocycles. The molecule has 0 bridgehead atoms. The number of hydrogen-bond acceptors (Lipinski definition) is 5. The summed E-state index contributed by atoms with van der Waals surface area (Å²) in [5, 5.41) is 0. The van der Waals surface area contributed by atoms with E-state index in [1.54, 1.807) is 19.1 Å². The number of hydrogen-bond donors (Lipinski definition) is 2. The largest absolute Gasteiger partial charge is 0.383 e. The molecule has 35 heavy (non-hydrogen) atoms. The summed E-state index contributed by atoms with van der Waals surface area (Å²) in [5.74, 6) is -1.73. The Kier molecular flexibility index (Phi) is 8.14. The van der Waals surface area contributed by atoms with Crippen molar-refractivity contribution in [3.05, 3.63) is 50.4 Å². The van der Waals surface area contributed by atoms with Crippen molar-refractivity contribution < 1.29 is 14.0 Å². The standard InChI is InChI=1S/C25H34FN5O4/c1-5-6-10-30-22(27)21(23(33)28-25(30)35)29(11-9-15(2)3)24(34)17-12-20(32)31(14-17)18-8-7-16(4)19(26)13-18/h7-8,13,15,17H,5-6,9-12,14,27H2,1-4H3,(H,28,33,35)/t17-/m0/s1. The number of carbonyl (C=O) groups excluding carboxylic acids is 2. The molecule has 1 aliphatic rings. The third kappa shape index (κ3) is 5.63. The van der Waals surface area contributed by atoms with E-state index in [9.17, 15) is 23.6 Å². The molecule has 1 fully saturated rings. The van der Waals surface area contributed by atoms with Crippen molar-refractivity contribution in [1.29, 1.82) is 0 Å². The number of H-pyrrole nitrogens is 1. The van der Waals surface area contributed by atoms with Crippen molar-refractivity contribution in [2.75, 3.05) is 28.6 Å². The van der Waals surface area contributed by atoms with E-state index in [4.69, 9.17) is 5.73 Å². The molecular weight excluding hydrogens is 453 g/mol. The molecule has 2 aromatic rings. The normalized spacial score (nSPS) is 15.8. The van der Waals surface area contributed by atoms with Gasteiger partial charge in [-0.05, 0) is 43.4 Å². The quantitative estimate of drug-likeness (QED) is 0.563. The maximum Gasteiger partial charge on any atom is 0.330 e. The van der Waals surface area contributed by atoms with Gasteiger partial charge in [0.1, 0.15) is 11.6 Å². The molecule has 2 heterocycles. The van der Waals surface area contributed by atoms with Crippen LogP contribution in [0.4, 0.5) is 21.6 Å². The minimum atomic E-state index is -0.742. The predicted molar refractivity (Wildman–Crippen MR) is 134 cm³/mol. The van der Waals surface area contributed by atoms with Gasteiger partial charge in [0.15, 0.2) is 5.69 Å². The van der Waals surface area contributed by atoms with Gasteiger partial charge in [-0.25, -0.2) is 9.18 Å². The number of unbranched alkanes of at least 4 members (excludes halogenated alkanes) is 1. The van der Waals surface area contributed by atoms with Crippen LogP contribution in [-0.4, -0.2) is 34.5 Å². The average molecular weight is 488 g/mol. The van der Waals surface area contributed by atoms with Gasteiger partial charge in [0.25, 0.3) is 5.56 Å². The second-order valence-corrected chi connectivity index (χ2v) is 9.51. The first kappa shape index (κ1) is 26.2. The Bertz CT molecular complexity index is 1220. The van der Waals surface area contributed by atoms with Gasteiger partial charge in [-0.15, -0.1) is 0 Å². The highest BCUT2D eigenvalue weighted by Crippen LogP contribution is 2.30. The number of nitrogens with one attached hydrogen (secondary N) is 1. The number of aromatic amines is 1. The van der Waals surface area contributed by atoms with Gasteiger partial charge in [-0.2, -0.15) is 0 Å². The summed E-state index contributed by atoms with van der Waals surface area (Å²) < 4.78 is 15.4. The van der Waals surface area contributed by atoms with Crippen LogP contribution in [0.2, 0.25) is 0 Å². The van der Waals surface area contributed by atoms with Crippen LogP contribution in [0.15, 0.2) is 27.8 Å². The Morgan fingerprint density at radius 2 is 2.00 bits per heavy atom. The zero-order valence-corrected chi connectivity index (χ0v) is 20.8. The van der Waals surface area contributed by atoms with Crippen LogP contribution in [0, 0.1) is 24.6 Å². The SMILES string of the molecule is CCCCn1c(N)c(N(CCC(C)C)C(=O)[C@H]2CC(=O)N(c3ccc(C)c(F)c3)C2)c(=O)[nH]c1=O. The monoisotopic (exact) mass is 487 g/mol. The van der Waals surface area contributed by atoms with Gasteiger partial charge >= 0.3 is 5.69 Å². The molecule has 9 nitrogen and oxygen atoms in total. The lowest BCUT2D eigenvalue weighted by molar-refractivity contribution is -0.124. The van der Waals surface area contributed by atoms with Crippen LogP contribution in [-0.2, 0) is 16.1 Å². The highest BCUT2D eigenvalue weighted by molar-refractivity contribution is 6.05. The molecule has 0 spiro atoms. The van der Waals surface area contributed by atoms with Gasteiger partial charge < -0.3 is 15.5 Å². The molecular formula is C25H34FN5O4. The number of carbonyl (C=O) groups is 2. The third-order valence-electron chi connectivity index (χ3n) is 6.36. The minimum absolute atomic E-state index is 0.0611. The molecule has 10 heteroatoms. The van der Waals surface area contributed by atoms with E-state index in [1.165, 1.54) is 20.4 Å². The van der Waals surface area contributed by atoms with Crippen LogP contribution < -0.4 is 26.8 Å². The maximum absolute atomic E-state index is 14.1. The summed E-state index contributed by atoms with van der Waals surface area (Å²) in [7, 11) is 0. The van der Waals surface area contributed by atoms with Gasteiger partial charge in [0.05, 0.1) is 5.92 Å². The molecule has 1 saturated heterocycles. The number of aromatic nitrogens is 2. The number of nitrogens with two attached hydrogens (primary N) is 1. The molecule has 1 aromatic carbocycles. The summed E-state index contributed by atoms with van der Waals surface area (Å²) in [6.07, 6.45) is 2.01. The topological polar surface area (TPSA) is 121 Å². The highest BCUT2D eigenvalue weighted by Gasteiger charge is 2.39. The fourth-order valence-electron chi connectivity index (χ4n) is 4.19. The second-order valence-electron chi connectivity index (χ2n) is 9.51. The van der Waals surface area contributed by atoms with E-state index in [0.29, 0.717) is 30.6 Å². The fraction of sp³-hybridized carbons (Fsp3) is 0.520. The number of nitrogen functional groups attached to an aromatic ring is 1. The first-order valence-corrected chi connectivity index (χ1v) is 12.1. The summed E-state index contributed by atoms with van der Waals surface area (Å²) in [4.78, 5) is 56.7. The zero-order chi connectivity index (χ0) is 25.9. The van der Waals surface area contributed by atoms with Crippen molar-refractivity contribution in [2.24, 2.45) is 11.8 Å². The minimum Gasteiger partial charge on any atom is -0.383 e. The lowest BCUT2D eigenvalue weighted by Gasteiger charge is -2.27. The molecule has 0 aliphatic carbocycles. The first-order chi connectivity index (χ1) is 16.5. The third-order valence-corrected chi connectivity index (χ3v) is 6.36. The van der Waals surface area contributed by atoms with Gasteiger partial charge in [-0.3, -0.25) is 23.9 Å². The van der Waals surface area contributed by atoms with Crippen LogP contribution in [0.3, 0.4) is 0 Å². The zero-order valence-electron chi connectivity index (χ0n) is 20.8. The summed E-state index contributed by atoms with van der Waals surface area (Å²) in [6.45, 7) is 8.16. The van der Waals surface area contributed by atoms with Gasteiger partial charge in [0.2, 0.25) is 11.8 Å². The Balaban J connectivity index is 1.97. The van der Waals surface area contributed by atoms with Crippen molar-refractivity contribution in [2.45, 2.75) is 59.9 Å². The van der Waals surface area contributed by atoms with Crippen molar-refractivity contribution in [1.82, 2.24) is 9.55 Å². The van der Waals surface area contributed by atoms with E-state index >= 15 is 0 Å². The summed E-state index contributed by atoms with van der Waals surface area (Å²) >= 11 is 0. The Morgan fingerprint density at radius 1 is 1.29 bits per heavy atom. The van der Waals surface area contributed by atoms with Gasteiger partial charge in [0, 0.05) is 31.7 Å². The highest BCUT2D eigenvalue weighted by atomic mass is 19.1.